The van der Waals surface area contributed by atoms with E-state index < -0.39 is 5.63 Å². The third-order valence-corrected chi connectivity index (χ3v) is 4.30. The number of carbonyl (C=O) groups is 1. The minimum atomic E-state index is -0.573. The monoisotopic (exact) mass is 300 g/mol. The van der Waals surface area contributed by atoms with Crippen molar-refractivity contribution < 1.29 is 9.21 Å². The second kappa shape index (κ2) is 6.32. The summed E-state index contributed by atoms with van der Waals surface area (Å²) >= 11 is 0. The molecule has 1 aliphatic rings. The number of hydrogen-bond donors (Lipinski definition) is 2. The Kier molecular flexibility index (Phi) is 4.24. The number of nitrogens with one attached hydrogen (secondary N) is 2. The molecule has 1 unspecified atom stereocenters. The minimum absolute atomic E-state index is 0.114. The highest BCUT2D eigenvalue weighted by molar-refractivity contribution is 5.99. The van der Waals surface area contributed by atoms with Crippen LogP contribution >= 0.6 is 0 Å². The average molecular weight is 300 g/mol. The van der Waals surface area contributed by atoms with Crippen LogP contribution < -0.4 is 16.3 Å². The van der Waals surface area contributed by atoms with E-state index in [1.165, 1.54) is 0 Å². The largest absolute Gasteiger partial charge is 0.422 e. The van der Waals surface area contributed by atoms with Gasteiger partial charge in [0.15, 0.2) is 0 Å². The molecule has 0 aliphatic carbocycles. The number of amides is 1. The molecular weight excluding hydrogens is 280 g/mol. The molecule has 3 rings (SSSR count). The summed E-state index contributed by atoms with van der Waals surface area (Å²) in [7, 11) is 0. The van der Waals surface area contributed by atoms with Crippen LogP contribution in [0.25, 0.3) is 11.0 Å². The van der Waals surface area contributed by atoms with Crippen LogP contribution in [0.4, 0.5) is 0 Å². The Hall–Kier alpha value is -2.14. The van der Waals surface area contributed by atoms with E-state index in [0.717, 1.165) is 31.3 Å². The molecule has 5 nitrogen and oxygen atoms in total. The maximum Gasteiger partial charge on any atom is 0.349 e. The van der Waals surface area contributed by atoms with Gasteiger partial charge in [0, 0.05) is 11.9 Å². The van der Waals surface area contributed by atoms with E-state index in [1.807, 2.05) is 12.1 Å². The van der Waals surface area contributed by atoms with Crippen LogP contribution in [-0.4, -0.2) is 25.5 Å². The Morgan fingerprint density at radius 2 is 2.23 bits per heavy atom. The lowest BCUT2D eigenvalue weighted by Crippen LogP contribution is -2.31. The Morgan fingerprint density at radius 1 is 1.41 bits per heavy atom. The molecule has 0 saturated carbocycles. The predicted octanol–water partition coefficient (Wildman–Crippen LogP) is 1.83. The minimum Gasteiger partial charge on any atom is -0.422 e. The van der Waals surface area contributed by atoms with Crippen LogP contribution in [0.5, 0.6) is 0 Å². The fourth-order valence-corrected chi connectivity index (χ4v) is 3.01. The number of benzene rings is 1. The van der Waals surface area contributed by atoms with Gasteiger partial charge in [0.1, 0.15) is 11.1 Å². The van der Waals surface area contributed by atoms with Crippen LogP contribution in [0.1, 0.15) is 28.8 Å². The van der Waals surface area contributed by atoms with Gasteiger partial charge in [-0.1, -0.05) is 18.2 Å². The Labute approximate surface area is 128 Å². The van der Waals surface area contributed by atoms with Crippen LogP contribution in [-0.2, 0) is 0 Å². The normalized spacial score (nSPS) is 17.8. The summed E-state index contributed by atoms with van der Waals surface area (Å²) in [5.41, 5.74) is 0.727. The molecule has 0 spiro atoms. The molecule has 1 saturated heterocycles. The molecule has 1 amide bonds. The number of fused-ring (bicyclic) bond motifs is 1. The van der Waals surface area contributed by atoms with E-state index in [4.69, 9.17) is 4.42 Å². The molecular formula is C17H20N2O3. The van der Waals surface area contributed by atoms with Crippen LogP contribution in [0.15, 0.2) is 33.5 Å². The SMILES string of the molecule is Cc1c(C(=O)NCCC2CCNC2)c(=O)oc2ccccc12. The predicted molar refractivity (Wildman–Crippen MR) is 85.1 cm³/mol. The number of aryl methyl sites for hydroxylation is 1. The van der Waals surface area contributed by atoms with Crippen molar-refractivity contribution in [1.29, 1.82) is 0 Å². The van der Waals surface area contributed by atoms with Crippen molar-refractivity contribution in [2.75, 3.05) is 19.6 Å². The van der Waals surface area contributed by atoms with Gasteiger partial charge < -0.3 is 15.1 Å². The Bertz CT molecular complexity index is 745. The molecule has 1 aromatic heterocycles. The topological polar surface area (TPSA) is 71.3 Å². The smallest absolute Gasteiger partial charge is 0.349 e. The zero-order chi connectivity index (χ0) is 15.5. The molecule has 1 aromatic carbocycles. The van der Waals surface area contributed by atoms with E-state index in [1.54, 1.807) is 19.1 Å². The van der Waals surface area contributed by atoms with E-state index in [2.05, 4.69) is 10.6 Å². The molecule has 2 heterocycles. The fourth-order valence-electron chi connectivity index (χ4n) is 3.01. The molecule has 1 fully saturated rings. The summed E-state index contributed by atoms with van der Waals surface area (Å²) in [6.45, 7) is 4.42. The van der Waals surface area contributed by atoms with Gasteiger partial charge >= 0.3 is 5.63 Å². The fraction of sp³-hybridized carbons (Fsp3) is 0.412. The van der Waals surface area contributed by atoms with Crippen LogP contribution in [0.3, 0.4) is 0 Å². The first kappa shape index (κ1) is 14.8. The summed E-state index contributed by atoms with van der Waals surface area (Å²) in [5, 5.41) is 6.95. The van der Waals surface area contributed by atoms with E-state index in [-0.39, 0.29) is 11.5 Å². The van der Waals surface area contributed by atoms with Gasteiger partial charge in [-0.15, -0.1) is 0 Å². The first-order valence-corrected chi connectivity index (χ1v) is 7.68. The molecule has 2 N–H and O–H groups in total. The van der Waals surface area contributed by atoms with E-state index in [0.29, 0.717) is 23.6 Å². The lowest BCUT2D eigenvalue weighted by Gasteiger charge is -2.11. The first-order chi connectivity index (χ1) is 10.7. The van der Waals surface area contributed by atoms with Gasteiger partial charge in [-0.05, 0) is 50.4 Å². The molecule has 1 atom stereocenters. The van der Waals surface area contributed by atoms with Gasteiger partial charge in [-0.25, -0.2) is 4.79 Å². The van der Waals surface area contributed by atoms with Crippen molar-refractivity contribution in [3.05, 3.63) is 45.8 Å². The Morgan fingerprint density at radius 3 is 3.00 bits per heavy atom. The van der Waals surface area contributed by atoms with Gasteiger partial charge in [0.2, 0.25) is 0 Å². The molecule has 0 radical (unpaired) electrons. The van der Waals surface area contributed by atoms with Crippen molar-refractivity contribution >= 4 is 16.9 Å². The first-order valence-electron chi connectivity index (χ1n) is 7.68. The summed E-state index contributed by atoms with van der Waals surface area (Å²) < 4.78 is 5.25. The summed E-state index contributed by atoms with van der Waals surface area (Å²) in [5.74, 6) is 0.261. The lowest BCUT2D eigenvalue weighted by molar-refractivity contribution is 0.0947. The number of carbonyl (C=O) groups excluding carboxylic acids is 1. The third kappa shape index (κ3) is 2.90. The molecule has 1 aliphatic heterocycles. The van der Waals surface area contributed by atoms with Crippen molar-refractivity contribution in [2.24, 2.45) is 5.92 Å². The molecule has 116 valence electrons. The maximum atomic E-state index is 12.3. The van der Waals surface area contributed by atoms with Gasteiger partial charge in [-0.3, -0.25) is 4.79 Å². The summed E-state index contributed by atoms with van der Waals surface area (Å²) in [4.78, 5) is 24.4. The third-order valence-electron chi connectivity index (χ3n) is 4.30. The Balaban J connectivity index is 1.77. The maximum absolute atomic E-state index is 12.3. The second-order valence-electron chi connectivity index (χ2n) is 5.79. The van der Waals surface area contributed by atoms with Crippen molar-refractivity contribution in [2.45, 2.75) is 19.8 Å². The molecule has 22 heavy (non-hydrogen) atoms. The van der Waals surface area contributed by atoms with Crippen molar-refractivity contribution in [3.63, 3.8) is 0 Å². The highest BCUT2D eigenvalue weighted by Crippen LogP contribution is 2.19. The molecule has 0 bridgehead atoms. The quantitative estimate of drug-likeness (QED) is 0.845. The second-order valence-corrected chi connectivity index (χ2v) is 5.79. The summed E-state index contributed by atoms with van der Waals surface area (Å²) in [6, 6.07) is 7.26. The highest BCUT2D eigenvalue weighted by Gasteiger charge is 2.19. The van der Waals surface area contributed by atoms with Gasteiger partial charge in [-0.2, -0.15) is 0 Å². The average Bonchev–Trinajstić information content (AvgIpc) is 3.00. The number of hydrogen-bond acceptors (Lipinski definition) is 4. The zero-order valence-corrected chi connectivity index (χ0v) is 12.6. The number of rotatable bonds is 4. The van der Waals surface area contributed by atoms with Gasteiger partial charge in [0.25, 0.3) is 5.91 Å². The van der Waals surface area contributed by atoms with Crippen molar-refractivity contribution in [3.8, 4) is 0 Å². The van der Waals surface area contributed by atoms with Crippen LogP contribution in [0, 0.1) is 12.8 Å². The van der Waals surface area contributed by atoms with E-state index >= 15 is 0 Å². The highest BCUT2D eigenvalue weighted by atomic mass is 16.4. The van der Waals surface area contributed by atoms with Gasteiger partial charge in [0.05, 0.1) is 0 Å². The zero-order valence-electron chi connectivity index (χ0n) is 12.6. The lowest BCUT2D eigenvalue weighted by atomic mass is 10.0. The standard InChI is InChI=1S/C17H20N2O3/c1-11-13-4-2-3-5-14(13)22-17(21)15(11)16(20)19-9-7-12-6-8-18-10-12/h2-5,12,18H,6-10H2,1H3,(H,19,20). The number of para-hydroxylation sites is 1. The van der Waals surface area contributed by atoms with Crippen molar-refractivity contribution in [1.82, 2.24) is 10.6 Å². The molecule has 2 aromatic rings. The summed E-state index contributed by atoms with van der Waals surface area (Å²) in [6.07, 6.45) is 2.07. The van der Waals surface area contributed by atoms with E-state index in [9.17, 15) is 9.59 Å². The van der Waals surface area contributed by atoms with Crippen LogP contribution in [0.2, 0.25) is 0 Å². The molecule has 5 heteroatoms.